The number of anilines is 1. The molecule has 2 rings (SSSR count). The van der Waals surface area contributed by atoms with E-state index in [4.69, 9.17) is 4.42 Å². The van der Waals surface area contributed by atoms with Crippen LogP contribution in [0.5, 0.6) is 0 Å². The average molecular weight is 308 g/mol. The van der Waals surface area contributed by atoms with Crippen LogP contribution < -0.4 is 5.32 Å². The SMILES string of the molecule is Cc1ccoc1C(=O)Nc1ccc(CCBr)cc1. The zero-order valence-electron chi connectivity index (χ0n) is 10.1. The maximum Gasteiger partial charge on any atom is 0.291 e. The van der Waals surface area contributed by atoms with E-state index in [2.05, 4.69) is 21.2 Å². The molecule has 0 atom stereocenters. The minimum absolute atomic E-state index is 0.217. The van der Waals surface area contributed by atoms with Crippen molar-refractivity contribution in [3.05, 3.63) is 53.5 Å². The second kappa shape index (κ2) is 5.87. The summed E-state index contributed by atoms with van der Waals surface area (Å²) in [5.41, 5.74) is 2.84. The molecular weight excluding hydrogens is 294 g/mol. The van der Waals surface area contributed by atoms with Gasteiger partial charge >= 0.3 is 0 Å². The first kappa shape index (κ1) is 12.9. The van der Waals surface area contributed by atoms with Gasteiger partial charge in [-0.2, -0.15) is 0 Å². The van der Waals surface area contributed by atoms with Gasteiger partial charge in [-0.05, 0) is 37.1 Å². The first-order chi connectivity index (χ1) is 8.70. The van der Waals surface area contributed by atoms with Gasteiger partial charge in [0.25, 0.3) is 5.91 Å². The molecule has 1 N–H and O–H groups in total. The van der Waals surface area contributed by atoms with Crippen molar-refractivity contribution in [1.82, 2.24) is 0 Å². The van der Waals surface area contributed by atoms with Crippen molar-refractivity contribution < 1.29 is 9.21 Å². The van der Waals surface area contributed by atoms with Gasteiger partial charge in [0, 0.05) is 16.6 Å². The summed E-state index contributed by atoms with van der Waals surface area (Å²) in [4.78, 5) is 11.9. The van der Waals surface area contributed by atoms with Gasteiger partial charge in [0.2, 0.25) is 0 Å². The predicted octanol–water partition coefficient (Wildman–Crippen LogP) is 3.78. The highest BCUT2D eigenvalue weighted by Gasteiger charge is 2.12. The summed E-state index contributed by atoms with van der Waals surface area (Å²) < 4.78 is 5.14. The number of carbonyl (C=O) groups excluding carboxylic acids is 1. The molecule has 3 nitrogen and oxygen atoms in total. The van der Waals surface area contributed by atoms with Crippen LogP contribution in [0, 0.1) is 6.92 Å². The number of halogens is 1. The summed E-state index contributed by atoms with van der Waals surface area (Å²) >= 11 is 3.40. The molecule has 0 saturated heterocycles. The third kappa shape index (κ3) is 3.01. The number of carbonyl (C=O) groups is 1. The van der Waals surface area contributed by atoms with Crippen molar-refractivity contribution in [3.8, 4) is 0 Å². The zero-order valence-corrected chi connectivity index (χ0v) is 11.7. The minimum atomic E-state index is -0.217. The molecule has 0 unspecified atom stereocenters. The van der Waals surface area contributed by atoms with Crippen LogP contribution in [0.2, 0.25) is 0 Å². The first-order valence-electron chi connectivity index (χ1n) is 5.71. The van der Waals surface area contributed by atoms with Gasteiger partial charge in [-0.15, -0.1) is 0 Å². The van der Waals surface area contributed by atoms with Gasteiger partial charge in [-0.3, -0.25) is 4.79 Å². The maximum absolute atomic E-state index is 11.9. The summed E-state index contributed by atoms with van der Waals surface area (Å²) in [6.07, 6.45) is 2.49. The molecule has 0 radical (unpaired) electrons. The Bertz CT molecular complexity index is 531. The molecule has 0 aliphatic heterocycles. The van der Waals surface area contributed by atoms with Crippen molar-refractivity contribution in [2.75, 3.05) is 10.6 Å². The third-order valence-corrected chi connectivity index (χ3v) is 3.06. The Kier molecular flexibility index (Phi) is 4.20. The number of nitrogens with one attached hydrogen (secondary N) is 1. The van der Waals surface area contributed by atoms with E-state index in [0.29, 0.717) is 5.76 Å². The average Bonchev–Trinajstić information content (AvgIpc) is 2.78. The molecule has 94 valence electrons. The highest BCUT2D eigenvalue weighted by Crippen LogP contribution is 2.14. The molecule has 1 aromatic carbocycles. The topological polar surface area (TPSA) is 42.2 Å². The van der Waals surface area contributed by atoms with Crippen LogP contribution in [-0.2, 0) is 6.42 Å². The number of alkyl halides is 1. The monoisotopic (exact) mass is 307 g/mol. The first-order valence-corrected chi connectivity index (χ1v) is 6.83. The van der Waals surface area contributed by atoms with E-state index in [9.17, 15) is 4.79 Å². The molecule has 0 saturated carbocycles. The standard InChI is InChI=1S/C14H14BrNO2/c1-10-7-9-18-13(10)14(17)16-12-4-2-11(3-5-12)6-8-15/h2-5,7,9H,6,8H2,1H3,(H,16,17). The molecule has 4 heteroatoms. The van der Waals surface area contributed by atoms with Crippen LogP contribution in [-0.4, -0.2) is 11.2 Å². The Morgan fingerprint density at radius 1 is 1.28 bits per heavy atom. The zero-order chi connectivity index (χ0) is 13.0. The molecule has 18 heavy (non-hydrogen) atoms. The molecule has 0 aliphatic rings. The lowest BCUT2D eigenvalue weighted by Crippen LogP contribution is -2.12. The van der Waals surface area contributed by atoms with E-state index in [1.165, 1.54) is 11.8 Å². The van der Waals surface area contributed by atoms with Crippen LogP contribution >= 0.6 is 15.9 Å². The number of hydrogen-bond acceptors (Lipinski definition) is 2. The fourth-order valence-electron chi connectivity index (χ4n) is 1.66. The van der Waals surface area contributed by atoms with Crippen LogP contribution in [0.4, 0.5) is 5.69 Å². The Morgan fingerprint density at radius 3 is 2.56 bits per heavy atom. The quantitative estimate of drug-likeness (QED) is 0.874. The molecule has 0 bridgehead atoms. The van der Waals surface area contributed by atoms with E-state index >= 15 is 0 Å². The van der Waals surface area contributed by atoms with Crippen molar-refractivity contribution in [2.45, 2.75) is 13.3 Å². The van der Waals surface area contributed by atoms with E-state index in [0.717, 1.165) is 23.0 Å². The highest BCUT2D eigenvalue weighted by molar-refractivity contribution is 9.09. The summed E-state index contributed by atoms with van der Waals surface area (Å²) in [5, 5.41) is 3.74. The Hall–Kier alpha value is -1.55. The summed E-state index contributed by atoms with van der Waals surface area (Å²) in [6, 6.07) is 9.58. The van der Waals surface area contributed by atoms with Gasteiger partial charge in [0.15, 0.2) is 5.76 Å². The summed E-state index contributed by atoms with van der Waals surface area (Å²) in [7, 11) is 0. The van der Waals surface area contributed by atoms with Crippen molar-refractivity contribution in [2.24, 2.45) is 0 Å². The fraction of sp³-hybridized carbons (Fsp3) is 0.214. The predicted molar refractivity (Wildman–Crippen MR) is 75.3 cm³/mol. The minimum Gasteiger partial charge on any atom is -0.459 e. The highest BCUT2D eigenvalue weighted by atomic mass is 79.9. The molecule has 2 aromatic rings. The molecule has 0 aliphatic carbocycles. The fourth-order valence-corrected chi connectivity index (χ4v) is 2.11. The molecule has 1 aromatic heterocycles. The van der Waals surface area contributed by atoms with Gasteiger partial charge in [0.1, 0.15) is 0 Å². The van der Waals surface area contributed by atoms with Crippen LogP contribution in [0.25, 0.3) is 0 Å². The number of rotatable bonds is 4. The smallest absolute Gasteiger partial charge is 0.291 e. The van der Waals surface area contributed by atoms with Gasteiger partial charge in [-0.25, -0.2) is 0 Å². The van der Waals surface area contributed by atoms with Crippen molar-refractivity contribution in [3.63, 3.8) is 0 Å². The van der Waals surface area contributed by atoms with Crippen LogP contribution in [0.3, 0.4) is 0 Å². The molecular formula is C14H14BrNO2. The van der Waals surface area contributed by atoms with Crippen LogP contribution in [0.15, 0.2) is 41.0 Å². The second-order valence-corrected chi connectivity index (χ2v) is 4.82. The number of furan rings is 1. The summed E-state index contributed by atoms with van der Waals surface area (Å²) in [5.74, 6) is 0.144. The largest absolute Gasteiger partial charge is 0.459 e. The number of aryl methyl sites for hydroxylation is 2. The number of amides is 1. The molecule has 0 spiro atoms. The van der Waals surface area contributed by atoms with Crippen molar-refractivity contribution in [1.29, 1.82) is 0 Å². The van der Waals surface area contributed by atoms with Crippen molar-refractivity contribution >= 4 is 27.5 Å². The lowest BCUT2D eigenvalue weighted by atomic mass is 10.1. The molecule has 1 heterocycles. The van der Waals surface area contributed by atoms with E-state index in [1.807, 2.05) is 31.2 Å². The Morgan fingerprint density at radius 2 is 2.00 bits per heavy atom. The normalized spacial score (nSPS) is 10.3. The number of benzene rings is 1. The van der Waals surface area contributed by atoms with Crippen LogP contribution in [0.1, 0.15) is 21.7 Å². The maximum atomic E-state index is 11.9. The van der Waals surface area contributed by atoms with Gasteiger partial charge < -0.3 is 9.73 Å². The molecule has 1 amide bonds. The van der Waals surface area contributed by atoms with Gasteiger partial charge in [0.05, 0.1) is 6.26 Å². The molecule has 0 fully saturated rings. The van der Waals surface area contributed by atoms with Gasteiger partial charge in [-0.1, -0.05) is 28.1 Å². The third-order valence-electron chi connectivity index (χ3n) is 2.66. The van der Waals surface area contributed by atoms with E-state index < -0.39 is 0 Å². The summed E-state index contributed by atoms with van der Waals surface area (Å²) in [6.45, 7) is 1.84. The number of hydrogen-bond donors (Lipinski definition) is 1. The Labute approximate surface area is 114 Å². The Balaban J connectivity index is 2.05. The van der Waals surface area contributed by atoms with E-state index in [1.54, 1.807) is 6.07 Å². The lowest BCUT2D eigenvalue weighted by Gasteiger charge is -2.05. The lowest BCUT2D eigenvalue weighted by molar-refractivity contribution is 0.0996. The second-order valence-electron chi connectivity index (χ2n) is 4.02. The van der Waals surface area contributed by atoms with E-state index in [-0.39, 0.29) is 5.91 Å².